The minimum absolute atomic E-state index is 0.187. The van der Waals surface area contributed by atoms with Crippen molar-refractivity contribution >= 4 is 5.69 Å². The lowest BCUT2D eigenvalue weighted by Crippen LogP contribution is -2.59. The SMILES string of the molecule is CC(C)(C)Nc1cc(COC(C)(C)C)ccc1CC1OC(CO)C(O)C(O)C1O. The second-order valence-electron chi connectivity index (χ2n) is 9.84. The second-order valence-corrected chi connectivity index (χ2v) is 9.84. The summed E-state index contributed by atoms with van der Waals surface area (Å²) in [4.78, 5) is 0. The normalized spacial score (nSPS) is 28.4. The number of aliphatic hydroxyl groups is 4. The first-order valence-electron chi connectivity index (χ1n) is 10.1. The highest BCUT2D eigenvalue weighted by atomic mass is 16.5. The number of hydrogen-bond acceptors (Lipinski definition) is 7. The number of rotatable bonds is 6. The summed E-state index contributed by atoms with van der Waals surface area (Å²) in [5.74, 6) is 0. The minimum Gasteiger partial charge on any atom is -0.394 e. The Balaban J connectivity index is 2.25. The number of aliphatic hydroxyl groups excluding tert-OH is 4. The molecule has 0 radical (unpaired) electrons. The first-order valence-corrected chi connectivity index (χ1v) is 10.1. The maximum atomic E-state index is 10.4. The van der Waals surface area contributed by atoms with Crippen LogP contribution in [0, 0.1) is 0 Å². The van der Waals surface area contributed by atoms with E-state index in [0.717, 1.165) is 16.8 Å². The summed E-state index contributed by atoms with van der Waals surface area (Å²) >= 11 is 0. The zero-order valence-corrected chi connectivity index (χ0v) is 18.3. The molecule has 2 rings (SSSR count). The molecule has 29 heavy (non-hydrogen) atoms. The zero-order chi connectivity index (χ0) is 22.0. The topological polar surface area (TPSA) is 111 Å². The number of hydrogen-bond donors (Lipinski definition) is 5. The van der Waals surface area contributed by atoms with Crippen LogP contribution < -0.4 is 5.32 Å². The van der Waals surface area contributed by atoms with Gasteiger partial charge in [-0.05, 0) is 58.7 Å². The van der Waals surface area contributed by atoms with E-state index in [1.165, 1.54) is 0 Å². The summed E-state index contributed by atoms with van der Waals surface area (Å²) in [6.07, 6.45) is -5.31. The average Bonchev–Trinajstić information content (AvgIpc) is 2.60. The number of nitrogens with one attached hydrogen (secondary N) is 1. The lowest BCUT2D eigenvalue weighted by atomic mass is 9.90. The molecule has 1 aromatic rings. The Morgan fingerprint density at radius 2 is 1.59 bits per heavy atom. The molecule has 1 saturated heterocycles. The van der Waals surface area contributed by atoms with Gasteiger partial charge in [0.2, 0.25) is 0 Å². The molecule has 1 aromatic carbocycles. The molecular formula is C22H37NO6. The molecule has 5 N–H and O–H groups in total. The Morgan fingerprint density at radius 1 is 0.966 bits per heavy atom. The first-order chi connectivity index (χ1) is 13.3. The van der Waals surface area contributed by atoms with E-state index in [4.69, 9.17) is 9.47 Å². The molecule has 5 atom stereocenters. The van der Waals surface area contributed by atoms with Gasteiger partial charge in [0.05, 0.1) is 24.9 Å². The Labute approximate surface area is 173 Å². The van der Waals surface area contributed by atoms with Crippen molar-refractivity contribution < 1.29 is 29.9 Å². The molecule has 0 bridgehead atoms. The standard InChI is InChI=1S/C22H37NO6/c1-21(2,3)23-15-9-13(12-28-22(4,5)6)7-8-14(15)10-16-18(25)20(27)19(26)17(11-24)29-16/h7-9,16-20,23-27H,10-12H2,1-6H3. The van der Waals surface area contributed by atoms with Crippen LogP contribution in [0.25, 0.3) is 0 Å². The van der Waals surface area contributed by atoms with Gasteiger partial charge in [0, 0.05) is 17.6 Å². The molecular weight excluding hydrogens is 374 g/mol. The molecule has 0 aromatic heterocycles. The van der Waals surface area contributed by atoms with Crippen LogP contribution in [0.2, 0.25) is 0 Å². The van der Waals surface area contributed by atoms with Gasteiger partial charge in [-0.25, -0.2) is 0 Å². The molecule has 1 aliphatic heterocycles. The summed E-state index contributed by atoms with van der Waals surface area (Å²) < 4.78 is 11.6. The third kappa shape index (κ3) is 6.91. The molecule has 0 saturated carbocycles. The van der Waals surface area contributed by atoms with E-state index in [1.807, 2.05) is 39.0 Å². The quantitative estimate of drug-likeness (QED) is 0.483. The molecule has 1 fully saturated rings. The molecule has 0 amide bonds. The van der Waals surface area contributed by atoms with E-state index in [-0.39, 0.29) is 11.1 Å². The smallest absolute Gasteiger partial charge is 0.111 e. The van der Waals surface area contributed by atoms with Crippen LogP contribution in [0.3, 0.4) is 0 Å². The van der Waals surface area contributed by atoms with Crippen molar-refractivity contribution in [3.05, 3.63) is 29.3 Å². The number of anilines is 1. The molecule has 166 valence electrons. The molecule has 1 heterocycles. The fraction of sp³-hybridized carbons (Fsp3) is 0.727. The van der Waals surface area contributed by atoms with Gasteiger partial charge >= 0.3 is 0 Å². The van der Waals surface area contributed by atoms with E-state index < -0.39 is 37.1 Å². The van der Waals surface area contributed by atoms with Gasteiger partial charge in [-0.1, -0.05) is 12.1 Å². The van der Waals surface area contributed by atoms with Gasteiger partial charge in [-0.3, -0.25) is 0 Å². The van der Waals surface area contributed by atoms with Gasteiger partial charge in [-0.15, -0.1) is 0 Å². The van der Waals surface area contributed by atoms with Gasteiger partial charge in [0.1, 0.15) is 24.4 Å². The number of ether oxygens (including phenoxy) is 2. The van der Waals surface area contributed by atoms with Gasteiger partial charge in [0.15, 0.2) is 0 Å². The Morgan fingerprint density at radius 3 is 2.14 bits per heavy atom. The van der Waals surface area contributed by atoms with Gasteiger partial charge in [-0.2, -0.15) is 0 Å². The highest BCUT2D eigenvalue weighted by Crippen LogP contribution is 2.29. The van der Waals surface area contributed by atoms with Crippen LogP contribution in [0.15, 0.2) is 18.2 Å². The lowest BCUT2D eigenvalue weighted by molar-refractivity contribution is -0.228. The van der Waals surface area contributed by atoms with E-state index in [2.05, 4.69) is 26.1 Å². The minimum atomic E-state index is -1.37. The van der Waals surface area contributed by atoms with Crippen LogP contribution in [-0.4, -0.2) is 68.7 Å². The first kappa shape index (κ1) is 24.1. The van der Waals surface area contributed by atoms with Crippen LogP contribution in [0.1, 0.15) is 52.7 Å². The average molecular weight is 412 g/mol. The highest BCUT2D eigenvalue weighted by Gasteiger charge is 2.43. The van der Waals surface area contributed by atoms with Gasteiger partial charge < -0.3 is 35.2 Å². The fourth-order valence-corrected chi connectivity index (χ4v) is 3.28. The van der Waals surface area contributed by atoms with Crippen molar-refractivity contribution in [2.45, 2.75) is 96.2 Å². The number of benzene rings is 1. The maximum absolute atomic E-state index is 10.4. The summed E-state index contributed by atoms with van der Waals surface area (Å²) in [5, 5.41) is 43.3. The molecule has 7 heteroatoms. The van der Waals surface area contributed by atoms with Gasteiger partial charge in [0.25, 0.3) is 0 Å². The van der Waals surface area contributed by atoms with Crippen LogP contribution in [0.4, 0.5) is 5.69 Å². The molecule has 5 unspecified atom stereocenters. The van der Waals surface area contributed by atoms with Crippen LogP contribution in [0.5, 0.6) is 0 Å². The fourth-order valence-electron chi connectivity index (χ4n) is 3.28. The Hall–Kier alpha value is -1.22. The Kier molecular flexibility index (Phi) is 7.70. The van der Waals surface area contributed by atoms with Crippen molar-refractivity contribution in [3.63, 3.8) is 0 Å². The summed E-state index contributed by atoms with van der Waals surface area (Å²) in [6.45, 7) is 12.2. The Bertz CT molecular complexity index is 664. The largest absolute Gasteiger partial charge is 0.394 e. The molecule has 1 aliphatic rings. The highest BCUT2D eigenvalue weighted by molar-refractivity contribution is 5.55. The van der Waals surface area contributed by atoms with Crippen LogP contribution >= 0.6 is 0 Å². The summed E-state index contributed by atoms with van der Waals surface area (Å²) in [5.41, 5.74) is 2.39. The third-order valence-corrected chi connectivity index (χ3v) is 4.77. The van der Waals surface area contributed by atoms with E-state index in [0.29, 0.717) is 13.0 Å². The summed E-state index contributed by atoms with van der Waals surface area (Å²) in [7, 11) is 0. The van der Waals surface area contributed by atoms with Crippen molar-refractivity contribution in [3.8, 4) is 0 Å². The van der Waals surface area contributed by atoms with Crippen molar-refractivity contribution in [2.75, 3.05) is 11.9 Å². The van der Waals surface area contributed by atoms with E-state index in [1.54, 1.807) is 0 Å². The molecule has 7 nitrogen and oxygen atoms in total. The lowest BCUT2D eigenvalue weighted by Gasteiger charge is -2.40. The van der Waals surface area contributed by atoms with Crippen molar-refractivity contribution in [1.29, 1.82) is 0 Å². The second kappa shape index (κ2) is 9.29. The maximum Gasteiger partial charge on any atom is 0.111 e. The predicted octanol–water partition coefficient (Wildman–Crippen LogP) is 1.60. The van der Waals surface area contributed by atoms with Crippen molar-refractivity contribution in [2.24, 2.45) is 0 Å². The monoisotopic (exact) mass is 411 g/mol. The molecule has 0 aliphatic carbocycles. The predicted molar refractivity (Wildman–Crippen MR) is 112 cm³/mol. The summed E-state index contributed by atoms with van der Waals surface area (Å²) in [6, 6.07) is 5.95. The zero-order valence-electron chi connectivity index (χ0n) is 18.3. The van der Waals surface area contributed by atoms with E-state index in [9.17, 15) is 20.4 Å². The third-order valence-electron chi connectivity index (χ3n) is 4.77. The molecule has 0 spiro atoms. The van der Waals surface area contributed by atoms with E-state index >= 15 is 0 Å². The van der Waals surface area contributed by atoms with Crippen molar-refractivity contribution in [1.82, 2.24) is 0 Å². The van der Waals surface area contributed by atoms with Crippen LogP contribution in [-0.2, 0) is 22.5 Å².